The lowest BCUT2D eigenvalue weighted by Gasteiger charge is -1.88. The molecule has 0 rings (SSSR count). The summed E-state index contributed by atoms with van der Waals surface area (Å²) in [7, 11) is 1.89. The van der Waals surface area contributed by atoms with Crippen LogP contribution >= 0.6 is 9.47 Å². The standard InChI is InChI=1S/C5H9O2P/c1-4(2)3-5(6)7-8/h3H,8H2,1-2H3. The van der Waals surface area contributed by atoms with Crippen LogP contribution in [0.5, 0.6) is 0 Å². The van der Waals surface area contributed by atoms with Gasteiger partial charge < -0.3 is 4.52 Å². The predicted octanol–water partition coefficient (Wildman–Crippen LogP) is 1.29. The Balaban J connectivity index is 3.70. The van der Waals surface area contributed by atoms with Gasteiger partial charge in [0.1, 0.15) is 0 Å². The Morgan fingerprint density at radius 2 is 2.12 bits per heavy atom. The van der Waals surface area contributed by atoms with E-state index < -0.39 is 0 Å². The fourth-order valence-electron chi connectivity index (χ4n) is 0.270. The topological polar surface area (TPSA) is 26.3 Å². The normalized spacial score (nSPS) is 7.88. The molecule has 0 aliphatic carbocycles. The van der Waals surface area contributed by atoms with Crippen LogP contribution in [-0.4, -0.2) is 5.97 Å². The molecular formula is C5H9O2P. The van der Waals surface area contributed by atoms with Crippen molar-refractivity contribution in [1.82, 2.24) is 0 Å². The first-order valence-electron chi connectivity index (χ1n) is 2.22. The van der Waals surface area contributed by atoms with Crippen molar-refractivity contribution in [2.45, 2.75) is 13.8 Å². The van der Waals surface area contributed by atoms with Crippen LogP contribution in [0, 0.1) is 0 Å². The van der Waals surface area contributed by atoms with Gasteiger partial charge in [0.2, 0.25) is 0 Å². The maximum Gasteiger partial charge on any atom is 0.332 e. The third-order valence-electron chi connectivity index (χ3n) is 0.523. The minimum atomic E-state index is -0.324. The Kier molecular flexibility index (Phi) is 3.46. The molecule has 0 aromatic heterocycles. The van der Waals surface area contributed by atoms with E-state index in [1.165, 1.54) is 6.08 Å². The van der Waals surface area contributed by atoms with Crippen LogP contribution in [0.25, 0.3) is 0 Å². The smallest absolute Gasteiger partial charge is 0.332 e. The molecule has 0 aromatic carbocycles. The predicted molar refractivity (Wildman–Crippen MR) is 35.2 cm³/mol. The Bertz CT molecular complexity index is 114. The second kappa shape index (κ2) is 3.62. The molecule has 46 valence electrons. The highest BCUT2D eigenvalue weighted by molar-refractivity contribution is 7.10. The molecule has 0 saturated heterocycles. The molecular weight excluding hydrogens is 123 g/mol. The minimum Gasteiger partial charge on any atom is -0.448 e. The van der Waals surface area contributed by atoms with E-state index in [0.717, 1.165) is 5.57 Å². The fraction of sp³-hybridized carbons (Fsp3) is 0.400. The molecule has 2 nitrogen and oxygen atoms in total. The van der Waals surface area contributed by atoms with Crippen molar-refractivity contribution < 1.29 is 9.32 Å². The number of allylic oxidation sites excluding steroid dienone is 1. The first-order valence-corrected chi connectivity index (χ1v) is 2.69. The molecule has 0 heterocycles. The third kappa shape index (κ3) is 3.82. The molecule has 0 N–H and O–H groups in total. The highest BCUT2D eigenvalue weighted by Gasteiger charge is 1.89. The van der Waals surface area contributed by atoms with Crippen LogP contribution in [0.4, 0.5) is 0 Å². The van der Waals surface area contributed by atoms with Crippen molar-refractivity contribution in [2.75, 3.05) is 0 Å². The van der Waals surface area contributed by atoms with Gasteiger partial charge in [-0.25, -0.2) is 4.79 Å². The fourth-order valence-corrected chi connectivity index (χ4v) is 0.338. The zero-order valence-electron chi connectivity index (χ0n) is 4.97. The van der Waals surface area contributed by atoms with E-state index in [-0.39, 0.29) is 5.97 Å². The maximum absolute atomic E-state index is 10.3. The van der Waals surface area contributed by atoms with E-state index in [1.54, 1.807) is 0 Å². The summed E-state index contributed by atoms with van der Waals surface area (Å²) in [5.74, 6) is -0.324. The number of hydrogen-bond donors (Lipinski definition) is 0. The minimum absolute atomic E-state index is 0.324. The van der Waals surface area contributed by atoms with Gasteiger partial charge in [-0.3, -0.25) is 0 Å². The number of carbonyl (C=O) groups excluding carboxylic acids is 1. The van der Waals surface area contributed by atoms with E-state index in [4.69, 9.17) is 0 Å². The molecule has 0 spiro atoms. The molecule has 3 heteroatoms. The molecule has 0 aliphatic rings. The van der Waals surface area contributed by atoms with Crippen LogP contribution in [0.3, 0.4) is 0 Å². The number of hydrogen-bond acceptors (Lipinski definition) is 2. The molecule has 8 heavy (non-hydrogen) atoms. The van der Waals surface area contributed by atoms with Crippen LogP contribution in [0.2, 0.25) is 0 Å². The maximum atomic E-state index is 10.3. The highest BCUT2D eigenvalue weighted by Crippen LogP contribution is 1.93. The van der Waals surface area contributed by atoms with E-state index in [9.17, 15) is 4.79 Å². The third-order valence-corrected chi connectivity index (χ3v) is 0.755. The Hall–Kier alpha value is -0.360. The van der Waals surface area contributed by atoms with Gasteiger partial charge in [0.05, 0.1) is 9.47 Å². The summed E-state index contributed by atoms with van der Waals surface area (Å²) < 4.78 is 4.26. The second-order valence-electron chi connectivity index (χ2n) is 1.66. The molecule has 0 aromatic rings. The summed E-state index contributed by atoms with van der Waals surface area (Å²) >= 11 is 0. The van der Waals surface area contributed by atoms with Gasteiger partial charge in [0.25, 0.3) is 0 Å². The molecule has 1 unspecified atom stereocenters. The van der Waals surface area contributed by atoms with Gasteiger partial charge in [-0.05, 0) is 13.8 Å². The van der Waals surface area contributed by atoms with Crippen molar-refractivity contribution in [3.63, 3.8) is 0 Å². The highest BCUT2D eigenvalue weighted by atomic mass is 31.0. The largest absolute Gasteiger partial charge is 0.448 e. The molecule has 0 fully saturated rings. The number of carbonyl (C=O) groups is 1. The zero-order chi connectivity index (χ0) is 6.57. The lowest BCUT2D eigenvalue weighted by Crippen LogP contribution is -1.89. The van der Waals surface area contributed by atoms with E-state index >= 15 is 0 Å². The summed E-state index contributed by atoms with van der Waals surface area (Å²) in [6.45, 7) is 3.67. The number of rotatable bonds is 1. The summed E-state index contributed by atoms with van der Waals surface area (Å²) in [4.78, 5) is 10.3. The van der Waals surface area contributed by atoms with Crippen molar-refractivity contribution in [1.29, 1.82) is 0 Å². The Morgan fingerprint density at radius 1 is 1.62 bits per heavy atom. The lowest BCUT2D eigenvalue weighted by molar-refractivity contribution is -0.127. The summed E-state index contributed by atoms with van der Waals surface area (Å²) in [6.07, 6.45) is 1.42. The van der Waals surface area contributed by atoms with E-state index in [0.29, 0.717) is 0 Å². The monoisotopic (exact) mass is 132 g/mol. The molecule has 1 atom stereocenters. The molecule has 0 radical (unpaired) electrons. The van der Waals surface area contributed by atoms with Crippen molar-refractivity contribution in [3.05, 3.63) is 11.6 Å². The van der Waals surface area contributed by atoms with Crippen molar-refractivity contribution >= 4 is 15.4 Å². The van der Waals surface area contributed by atoms with Gasteiger partial charge in [0, 0.05) is 6.08 Å². The average Bonchev–Trinajstić information content (AvgIpc) is 1.65. The second-order valence-corrected chi connectivity index (χ2v) is 1.89. The summed E-state index contributed by atoms with van der Waals surface area (Å²) in [5.41, 5.74) is 0.942. The molecule has 0 amide bonds. The van der Waals surface area contributed by atoms with E-state index in [1.807, 2.05) is 23.3 Å². The van der Waals surface area contributed by atoms with Gasteiger partial charge in [0.15, 0.2) is 0 Å². The van der Waals surface area contributed by atoms with Crippen molar-refractivity contribution in [2.24, 2.45) is 0 Å². The molecule has 0 bridgehead atoms. The first-order chi connectivity index (χ1) is 3.66. The summed E-state index contributed by atoms with van der Waals surface area (Å²) in [5, 5.41) is 0. The van der Waals surface area contributed by atoms with Crippen LogP contribution in [0.15, 0.2) is 11.6 Å². The molecule has 0 saturated carbocycles. The Morgan fingerprint density at radius 3 is 2.25 bits per heavy atom. The van der Waals surface area contributed by atoms with Gasteiger partial charge >= 0.3 is 5.97 Å². The quantitative estimate of drug-likeness (QED) is 0.397. The molecule has 0 aliphatic heterocycles. The SMILES string of the molecule is CC(C)=CC(=O)OP. The van der Waals surface area contributed by atoms with Gasteiger partial charge in [-0.2, -0.15) is 0 Å². The first kappa shape index (κ1) is 7.64. The zero-order valence-corrected chi connectivity index (χ0v) is 6.13. The van der Waals surface area contributed by atoms with Gasteiger partial charge in [-0.1, -0.05) is 5.57 Å². The average molecular weight is 132 g/mol. The van der Waals surface area contributed by atoms with Crippen LogP contribution in [0.1, 0.15) is 13.8 Å². The van der Waals surface area contributed by atoms with Crippen molar-refractivity contribution in [3.8, 4) is 0 Å². The van der Waals surface area contributed by atoms with Crippen LogP contribution < -0.4 is 0 Å². The van der Waals surface area contributed by atoms with Crippen LogP contribution in [-0.2, 0) is 9.32 Å². The van der Waals surface area contributed by atoms with E-state index in [2.05, 4.69) is 4.52 Å². The van der Waals surface area contributed by atoms with Gasteiger partial charge in [-0.15, -0.1) is 0 Å². The lowest BCUT2D eigenvalue weighted by atomic mass is 10.3. The Labute approximate surface area is 51.2 Å². The summed E-state index contributed by atoms with van der Waals surface area (Å²) in [6, 6.07) is 0.